The normalized spacial score (nSPS) is 14.3. The first-order valence-electron chi connectivity index (χ1n) is 10.5. The molecule has 0 unspecified atom stereocenters. The number of fused-ring (bicyclic) bond motifs is 2. The van der Waals surface area contributed by atoms with E-state index in [2.05, 4.69) is 28.6 Å². The molecule has 3 heterocycles. The number of rotatable bonds is 7. The molecular weight excluding hydrogens is 384 g/mol. The van der Waals surface area contributed by atoms with Gasteiger partial charge in [-0.15, -0.1) is 0 Å². The number of aryl methyl sites for hydroxylation is 1. The maximum Gasteiger partial charge on any atom is 0.329 e. The van der Waals surface area contributed by atoms with E-state index in [4.69, 9.17) is 11.6 Å². The lowest BCUT2D eigenvalue weighted by Crippen LogP contribution is -2.25. The Morgan fingerprint density at radius 2 is 1.93 bits per heavy atom. The molecule has 0 aliphatic heterocycles. The van der Waals surface area contributed by atoms with Crippen LogP contribution in [0.4, 0.5) is 0 Å². The van der Waals surface area contributed by atoms with E-state index in [1.807, 2.05) is 33.5 Å². The fourth-order valence-electron chi connectivity index (χ4n) is 4.34. The van der Waals surface area contributed by atoms with Gasteiger partial charge in [0.15, 0.2) is 0 Å². The number of benzene rings is 1. The molecular formula is C23H25ClN4O. The summed E-state index contributed by atoms with van der Waals surface area (Å²) in [5, 5.41) is 1.86. The number of imidazole rings is 1. The number of aromatic nitrogens is 4. The highest BCUT2D eigenvalue weighted by Crippen LogP contribution is 2.36. The van der Waals surface area contributed by atoms with Crippen molar-refractivity contribution in [3.8, 4) is 0 Å². The molecule has 150 valence electrons. The van der Waals surface area contributed by atoms with E-state index in [0.717, 1.165) is 52.9 Å². The number of halogens is 1. The van der Waals surface area contributed by atoms with E-state index >= 15 is 0 Å². The molecule has 0 radical (unpaired) electrons. The quantitative estimate of drug-likeness (QED) is 0.385. The molecule has 6 heteroatoms. The van der Waals surface area contributed by atoms with Crippen LogP contribution >= 0.6 is 11.6 Å². The van der Waals surface area contributed by atoms with Crippen molar-refractivity contribution in [2.24, 2.45) is 0 Å². The maximum absolute atomic E-state index is 13.3. The molecule has 0 atom stereocenters. The Hall–Kier alpha value is -2.53. The van der Waals surface area contributed by atoms with Gasteiger partial charge in [0.05, 0.1) is 23.8 Å². The predicted octanol–water partition coefficient (Wildman–Crippen LogP) is 5.38. The Morgan fingerprint density at radius 3 is 2.72 bits per heavy atom. The average Bonchev–Trinajstić information content (AvgIpc) is 3.44. The summed E-state index contributed by atoms with van der Waals surface area (Å²) in [5.41, 5.74) is 4.28. The molecule has 0 bridgehead atoms. The van der Waals surface area contributed by atoms with Crippen molar-refractivity contribution in [2.45, 2.75) is 58.2 Å². The Balaban J connectivity index is 1.63. The van der Waals surface area contributed by atoms with E-state index < -0.39 is 0 Å². The maximum atomic E-state index is 13.3. The summed E-state index contributed by atoms with van der Waals surface area (Å²) in [4.78, 5) is 17.6. The highest BCUT2D eigenvalue weighted by atomic mass is 35.5. The van der Waals surface area contributed by atoms with Gasteiger partial charge in [0.2, 0.25) is 0 Å². The Morgan fingerprint density at radius 1 is 1.07 bits per heavy atom. The summed E-state index contributed by atoms with van der Waals surface area (Å²) in [6.45, 7) is 3.70. The van der Waals surface area contributed by atoms with Crippen LogP contribution in [-0.4, -0.2) is 18.7 Å². The van der Waals surface area contributed by atoms with Crippen molar-refractivity contribution >= 4 is 33.5 Å². The van der Waals surface area contributed by atoms with Gasteiger partial charge in [-0.2, -0.15) is 0 Å². The molecule has 1 fully saturated rings. The van der Waals surface area contributed by atoms with Crippen molar-refractivity contribution in [1.29, 1.82) is 0 Å². The zero-order valence-electron chi connectivity index (χ0n) is 16.6. The summed E-state index contributed by atoms with van der Waals surface area (Å²) >= 11 is 6.24. The molecule has 1 aliphatic carbocycles. The van der Waals surface area contributed by atoms with E-state index in [0.29, 0.717) is 12.6 Å². The van der Waals surface area contributed by atoms with Crippen molar-refractivity contribution in [1.82, 2.24) is 18.7 Å². The fourth-order valence-corrected chi connectivity index (χ4v) is 4.52. The molecule has 3 aromatic heterocycles. The van der Waals surface area contributed by atoms with Crippen molar-refractivity contribution < 1.29 is 0 Å². The first kappa shape index (κ1) is 18.5. The third-order valence-electron chi connectivity index (χ3n) is 5.93. The molecule has 1 aliphatic rings. The van der Waals surface area contributed by atoms with Crippen LogP contribution < -0.4 is 5.69 Å². The minimum atomic E-state index is 0.0684. The lowest BCUT2D eigenvalue weighted by atomic mass is 10.2. The van der Waals surface area contributed by atoms with Crippen LogP contribution in [0.3, 0.4) is 0 Å². The van der Waals surface area contributed by atoms with Gasteiger partial charge in [-0.3, -0.25) is 14.1 Å². The Labute approximate surface area is 174 Å². The summed E-state index contributed by atoms with van der Waals surface area (Å²) in [7, 11) is 0. The van der Waals surface area contributed by atoms with Gasteiger partial charge in [0, 0.05) is 40.4 Å². The standard InChI is InChI=1S/C23H25ClN4O/c1-2-3-4-11-26-19(13-16-12-17(24)5-8-20(16)26)15-27-22-14-25-10-9-21(22)28(23(27)29)18-6-7-18/h5,8-10,12-14,18H,2-4,6-7,11,15H2,1H3. The van der Waals surface area contributed by atoms with Gasteiger partial charge in [0.25, 0.3) is 0 Å². The van der Waals surface area contributed by atoms with Crippen molar-refractivity contribution in [3.05, 3.63) is 63.9 Å². The predicted molar refractivity (Wildman–Crippen MR) is 118 cm³/mol. The van der Waals surface area contributed by atoms with E-state index in [1.54, 1.807) is 6.20 Å². The van der Waals surface area contributed by atoms with Gasteiger partial charge >= 0.3 is 5.69 Å². The molecule has 4 aromatic rings. The number of unbranched alkanes of at least 4 members (excludes halogenated alkanes) is 2. The van der Waals surface area contributed by atoms with E-state index in [-0.39, 0.29) is 5.69 Å². The molecule has 29 heavy (non-hydrogen) atoms. The summed E-state index contributed by atoms with van der Waals surface area (Å²) in [6.07, 6.45) is 9.24. The first-order chi connectivity index (χ1) is 14.2. The largest absolute Gasteiger partial charge is 0.343 e. The molecule has 0 amide bonds. The van der Waals surface area contributed by atoms with Crippen LogP contribution in [0.15, 0.2) is 47.5 Å². The summed E-state index contributed by atoms with van der Waals surface area (Å²) in [6, 6.07) is 10.5. The number of nitrogens with zero attached hydrogens (tertiary/aromatic N) is 4. The summed E-state index contributed by atoms with van der Waals surface area (Å²) < 4.78 is 6.19. The zero-order chi connectivity index (χ0) is 20.0. The van der Waals surface area contributed by atoms with Crippen LogP contribution in [-0.2, 0) is 13.1 Å². The van der Waals surface area contributed by atoms with Crippen LogP contribution in [0.1, 0.15) is 50.8 Å². The van der Waals surface area contributed by atoms with Crippen molar-refractivity contribution in [3.63, 3.8) is 0 Å². The minimum Gasteiger partial charge on any atom is -0.343 e. The van der Waals surface area contributed by atoms with Crippen molar-refractivity contribution in [2.75, 3.05) is 0 Å². The second-order valence-corrected chi connectivity index (χ2v) is 8.47. The molecule has 0 saturated heterocycles. The van der Waals surface area contributed by atoms with Crippen LogP contribution in [0.5, 0.6) is 0 Å². The SMILES string of the molecule is CCCCCn1c(Cn2c(=O)n(C3CC3)c3ccncc32)cc2cc(Cl)ccc21. The second-order valence-electron chi connectivity index (χ2n) is 8.03. The number of hydrogen-bond acceptors (Lipinski definition) is 2. The highest BCUT2D eigenvalue weighted by Gasteiger charge is 2.29. The lowest BCUT2D eigenvalue weighted by molar-refractivity contribution is 0.582. The molecule has 0 N–H and O–H groups in total. The Kier molecular flexibility index (Phi) is 4.70. The highest BCUT2D eigenvalue weighted by molar-refractivity contribution is 6.31. The number of pyridine rings is 1. The monoisotopic (exact) mass is 408 g/mol. The van der Waals surface area contributed by atoms with Gasteiger partial charge in [-0.05, 0) is 49.6 Å². The van der Waals surface area contributed by atoms with E-state index in [9.17, 15) is 4.79 Å². The zero-order valence-corrected chi connectivity index (χ0v) is 17.4. The molecule has 1 saturated carbocycles. The van der Waals surface area contributed by atoms with Gasteiger partial charge in [-0.1, -0.05) is 31.4 Å². The topological polar surface area (TPSA) is 44.8 Å². The molecule has 5 rings (SSSR count). The molecule has 5 nitrogen and oxygen atoms in total. The molecule has 0 spiro atoms. The third-order valence-corrected chi connectivity index (χ3v) is 6.17. The minimum absolute atomic E-state index is 0.0684. The van der Waals surface area contributed by atoms with Gasteiger partial charge < -0.3 is 4.57 Å². The summed E-state index contributed by atoms with van der Waals surface area (Å²) in [5.74, 6) is 0. The van der Waals surface area contributed by atoms with Gasteiger partial charge in [-0.25, -0.2) is 4.79 Å². The average molecular weight is 409 g/mol. The smallest absolute Gasteiger partial charge is 0.329 e. The van der Waals surface area contributed by atoms with Gasteiger partial charge in [0.1, 0.15) is 0 Å². The second kappa shape index (κ2) is 7.38. The fraction of sp³-hybridized carbons (Fsp3) is 0.391. The van der Waals surface area contributed by atoms with Crippen LogP contribution in [0.25, 0.3) is 21.9 Å². The third kappa shape index (κ3) is 3.27. The lowest BCUT2D eigenvalue weighted by Gasteiger charge is -2.11. The molecule has 1 aromatic carbocycles. The number of hydrogen-bond donors (Lipinski definition) is 0. The van der Waals surface area contributed by atoms with Crippen LogP contribution in [0.2, 0.25) is 5.02 Å². The Bertz CT molecular complexity index is 1250. The van der Waals surface area contributed by atoms with Crippen LogP contribution in [0, 0.1) is 0 Å². The first-order valence-corrected chi connectivity index (χ1v) is 10.9. The van der Waals surface area contributed by atoms with E-state index in [1.165, 1.54) is 18.4 Å².